The molecule has 2 heterocycles. The number of nitrogens with one attached hydrogen (secondary N) is 1. The van der Waals surface area contributed by atoms with Crippen molar-refractivity contribution in [1.82, 2.24) is 10.3 Å². The third-order valence-corrected chi connectivity index (χ3v) is 6.02. The Hall–Kier alpha value is -2.16. The average Bonchev–Trinajstić information content (AvgIpc) is 2.68. The van der Waals surface area contributed by atoms with Gasteiger partial charge in [0.25, 0.3) is 0 Å². The summed E-state index contributed by atoms with van der Waals surface area (Å²) in [6, 6.07) is 10.1. The van der Waals surface area contributed by atoms with Crippen molar-refractivity contribution in [1.29, 1.82) is 0 Å². The lowest BCUT2D eigenvalue weighted by Crippen LogP contribution is -2.41. The maximum atomic E-state index is 12.4. The summed E-state index contributed by atoms with van der Waals surface area (Å²) in [4.78, 5) is 19.0. The van der Waals surface area contributed by atoms with Gasteiger partial charge in [-0.05, 0) is 49.1 Å². The van der Waals surface area contributed by atoms with Gasteiger partial charge in [-0.2, -0.15) is 0 Å². The summed E-state index contributed by atoms with van der Waals surface area (Å²) in [5.74, 6) is 0.935. The second kappa shape index (κ2) is 8.89. The van der Waals surface area contributed by atoms with Gasteiger partial charge in [0.1, 0.15) is 5.82 Å². The molecule has 1 aliphatic heterocycles. The van der Waals surface area contributed by atoms with E-state index in [1.807, 2.05) is 12.1 Å². The van der Waals surface area contributed by atoms with Crippen LogP contribution in [-0.4, -0.2) is 38.9 Å². The van der Waals surface area contributed by atoms with Gasteiger partial charge in [-0.15, -0.1) is 0 Å². The molecular weight excluding hydrogens is 400 g/mol. The van der Waals surface area contributed by atoms with Gasteiger partial charge in [-0.25, -0.2) is 18.5 Å². The number of halogens is 1. The number of nitrogens with zero attached hydrogens (tertiary/aromatic N) is 2. The standard InChI is InChI=1S/C19H23ClN4O3S/c20-16-3-6-18(23-13-16)24-11-8-15(9-12-24)19(25)22-10-7-14-1-4-17(5-2-14)28(21,26)27/h1-6,13,15H,7-12H2,(H,22,25)(H2,21,26,27). The molecule has 0 atom stereocenters. The molecular formula is C19H23ClN4O3S. The number of piperidine rings is 1. The Bertz CT molecular complexity index is 909. The lowest BCUT2D eigenvalue weighted by molar-refractivity contribution is -0.125. The smallest absolute Gasteiger partial charge is 0.238 e. The van der Waals surface area contributed by atoms with E-state index < -0.39 is 10.0 Å². The van der Waals surface area contributed by atoms with E-state index in [1.54, 1.807) is 18.3 Å². The van der Waals surface area contributed by atoms with Crippen molar-refractivity contribution >= 4 is 33.3 Å². The van der Waals surface area contributed by atoms with Crippen LogP contribution in [0.15, 0.2) is 47.5 Å². The zero-order valence-corrected chi connectivity index (χ0v) is 16.9. The topological polar surface area (TPSA) is 105 Å². The number of hydrogen-bond acceptors (Lipinski definition) is 5. The van der Waals surface area contributed by atoms with Crippen molar-refractivity contribution < 1.29 is 13.2 Å². The Morgan fingerprint density at radius 3 is 2.43 bits per heavy atom. The third-order valence-electron chi connectivity index (χ3n) is 4.87. The molecule has 0 unspecified atom stereocenters. The minimum Gasteiger partial charge on any atom is -0.357 e. The highest BCUT2D eigenvalue weighted by atomic mass is 35.5. The number of nitrogens with two attached hydrogens (primary N) is 1. The van der Waals surface area contributed by atoms with Crippen molar-refractivity contribution in [2.75, 3.05) is 24.5 Å². The number of anilines is 1. The van der Waals surface area contributed by atoms with Crippen LogP contribution in [0, 0.1) is 5.92 Å². The van der Waals surface area contributed by atoms with E-state index in [-0.39, 0.29) is 16.7 Å². The van der Waals surface area contributed by atoms with Crippen LogP contribution in [0.5, 0.6) is 0 Å². The van der Waals surface area contributed by atoms with Crippen molar-refractivity contribution in [3.63, 3.8) is 0 Å². The van der Waals surface area contributed by atoms with Crippen LogP contribution in [0.25, 0.3) is 0 Å². The zero-order valence-electron chi connectivity index (χ0n) is 15.3. The van der Waals surface area contributed by atoms with Gasteiger partial charge in [-0.3, -0.25) is 4.79 Å². The minimum absolute atomic E-state index is 0.00620. The number of amides is 1. The molecule has 0 bridgehead atoms. The summed E-state index contributed by atoms with van der Waals surface area (Å²) >= 11 is 5.87. The number of aromatic nitrogens is 1. The summed E-state index contributed by atoms with van der Waals surface area (Å²) in [6.07, 6.45) is 3.81. The summed E-state index contributed by atoms with van der Waals surface area (Å²) in [7, 11) is -3.68. The molecule has 0 saturated carbocycles. The Morgan fingerprint density at radius 1 is 1.18 bits per heavy atom. The molecule has 9 heteroatoms. The molecule has 3 rings (SSSR count). The van der Waals surface area contributed by atoms with E-state index >= 15 is 0 Å². The number of rotatable bonds is 6. The van der Waals surface area contributed by atoms with Gasteiger partial charge in [0.15, 0.2) is 0 Å². The van der Waals surface area contributed by atoms with E-state index in [0.717, 1.165) is 37.3 Å². The molecule has 7 nitrogen and oxygen atoms in total. The monoisotopic (exact) mass is 422 g/mol. The molecule has 2 aromatic rings. The number of benzene rings is 1. The molecule has 28 heavy (non-hydrogen) atoms. The second-order valence-corrected chi connectivity index (χ2v) is 8.82. The van der Waals surface area contributed by atoms with E-state index in [0.29, 0.717) is 18.0 Å². The van der Waals surface area contributed by atoms with Crippen molar-refractivity contribution in [2.24, 2.45) is 11.1 Å². The summed E-state index contributed by atoms with van der Waals surface area (Å²) in [5.41, 5.74) is 0.941. The highest BCUT2D eigenvalue weighted by Crippen LogP contribution is 2.22. The Balaban J connectivity index is 1.43. The summed E-state index contributed by atoms with van der Waals surface area (Å²) in [6.45, 7) is 2.07. The number of carbonyl (C=O) groups excluding carboxylic acids is 1. The quantitative estimate of drug-likeness (QED) is 0.740. The molecule has 0 spiro atoms. The molecule has 0 aliphatic carbocycles. The van der Waals surface area contributed by atoms with Crippen molar-refractivity contribution in [2.45, 2.75) is 24.2 Å². The molecule has 3 N–H and O–H groups in total. The van der Waals surface area contributed by atoms with Crippen molar-refractivity contribution in [3.8, 4) is 0 Å². The molecule has 150 valence electrons. The number of primary sulfonamides is 1. The first-order valence-electron chi connectivity index (χ1n) is 9.09. The van der Waals surface area contributed by atoms with Crippen LogP contribution < -0.4 is 15.4 Å². The fourth-order valence-electron chi connectivity index (χ4n) is 3.25. The Morgan fingerprint density at radius 2 is 1.86 bits per heavy atom. The van der Waals surface area contributed by atoms with Crippen LogP contribution in [0.2, 0.25) is 5.02 Å². The number of pyridine rings is 1. The van der Waals surface area contributed by atoms with Crippen LogP contribution >= 0.6 is 11.6 Å². The second-order valence-electron chi connectivity index (χ2n) is 6.83. The maximum absolute atomic E-state index is 12.4. The Labute approximate surface area is 169 Å². The van der Waals surface area contributed by atoms with Gasteiger partial charge < -0.3 is 10.2 Å². The fourth-order valence-corrected chi connectivity index (χ4v) is 3.87. The number of hydrogen-bond donors (Lipinski definition) is 2. The maximum Gasteiger partial charge on any atom is 0.238 e. The van der Waals surface area contributed by atoms with Crippen LogP contribution in [0.3, 0.4) is 0 Å². The predicted molar refractivity (Wildman–Crippen MR) is 109 cm³/mol. The van der Waals surface area contributed by atoms with Gasteiger partial charge in [0.2, 0.25) is 15.9 Å². The lowest BCUT2D eigenvalue weighted by Gasteiger charge is -2.32. The zero-order chi connectivity index (χ0) is 20.1. The van der Waals surface area contributed by atoms with Crippen LogP contribution in [-0.2, 0) is 21.2 Å². The minimum atomic E-state index is -3.68. The molecule has 1 amide bonds. The largest absolute Gasteiger partial charge is 0.357 e. The lowest BCUT2D eigenvalue weighted by atomic mass is 9.96. The van der Waals surface area contributed by atoms with Crippen molar-refractivity contribution in [3.05, 3.63) is 53.2 Å². The van der Waals surface area contributed by atoms with Crippen LogP contribution in [0.1, 0.15) is 18.4 Å². The molecule has 1 aliphatic rings. The third kappa shape index (κ3) is 5.43. The van der Waals surface area contributed by atoms with Gasteiger partial charge >= 0.3 is 0 Å². The normalized spacial score (nSPS) is 15.4. The number of sulfonamides is 1. The average molecular weight is 423 g/mol. The van der Waals surface area contributed by atoms with Crippen LogP contribution in [0.4, 0.5) is 5.82 Å². The van der Waals surface area contributed by atoms with E-state index in [1.165, 1.54) is 12.1 Å². The molecule has 1 fully saturated rings. The molecule has 1 aromatic heterocycles. The van der Waals surface area contributed by atoms with E-state index in [4.69, 9.17) is 16.7 Å². The predicted octanol–water partition coefficient (Wildman–Crippen LogP) is 1.96. The Kier molecular flexibility index (Phi) is 6.53. The first-order chi connectivity index (χ1) is 13.3. The van der Waals surface area contributed by atoms with Gasteiger partial charge in [0.05, 0.1) is 9.92 Å². The fraction of sp³-hybridized carbons (Fsp3) is 0.368. The molecule has 0 radical (unpaired) electrons. The summed E-state index contributed by atoms with van der Waals surface area (Å²) in [5, 5.41) is 8.67. The summed E-state index contributed by atoms with van der Waals surface area (Å²) < 4.78 is 22.5. The SMILES string of the molecule is NS(=O)(=O)c1ccc(CCNC(=O)C2CCN(c3ccc(Cl)cn3)CC2)cc1. The number of carbonyl (C=O) groups is 1. The first kappa shape index (κ1) is 20.6. The highest BCUT2D eigenvalue weighted by molar-refractivity contribution is 7.89. The van der Waals surface area contributed by atoms with E-state index in [9.17, 15) is 13.2 Å². The molecule has 1 aromatic carbocycles. The molecule has 1 saturated heterocycles. The van der Waals surface area contributed by atoms with E-state index in [2.05, 4.69) is 15.2 Å². The highest BCUT2D eigenvalue weighted by Gasteiger charge is 2.25. The van der Waals surface area contributed by atoms with Gasteiger partial charge in [-0.1, -0.05) is 23.7 Å². The van der Waals surface area contributed by atoms with Gasteiger partial charge in [0, 0.05) is 31.7 Å². The first-order valence-corrected chi connectivity index (χ1v) is 11.0.